The molecule has 62 valence electrons. The number of nitrogens with one attached hydrogen (secondary N) is 1. The van der Waals surface area contributed by atoms with E-state index in [1.54, 1.807) is 0 Å². The van der Waals surface area contributed by atoms with Crippen LogP contribution in [-0.4, -0.2) is 24.3 Å². The number of halogens is 1. The second kappa shape index (κ2) is 4.94. The van der Waals surface area contributed by atoms with Crippen LogP contribution in [0.3, 0.4) is 0 Å². The summed E-state index contributed by atoms with van der Waals surface area (Å²) in [6.07, 6.45) is 2.52. The van der Waals surface area contributed by atoms with E-state index in [1.165, 1.54) is 12.8 Å². The van der Waals surface area contributed by atoms with Gasteiger partial charge in [-0.2, -0.15) is 0 Å². The topological polar surface area (TPSA) is 32.3 Å². The Labute approximate surface area is 68.4 Å². The van der Waals surface area contributed by atoms with Crippen molar-refractivity contribution in [3.05, 3.63) is 0 Å². The van der Waals surface area contributed by atoms with Gasteiger partial charge in [0.1, 0.15) is 0 Å². The number of rotatable bonds is 1. The summed E-state index contributed by atoms with van der Waals surface area (Å²) in [4.78, 5) is 0. The van der Waals surface area contributed by atoms with Crippen molar-refractivity contribution in [1.29, 1.82) is 0 Å². The summed E-state index contributed by atoms with van der Waals surface area (Å²) in [5.74, 6) is 0.656. The first-order chi connectivity index (χ1) is 4.34. The Bertz CT molecular complexity index is 89.7. The van der Waals surface area contributed by atoms with Gasteiger partial charge in [-0.3, -0.25) is 0 Å². The van der Waals surface area contributed by atoms with Gasteiger partial charge in [0.05, 0.1) is 6.61 Å². The SMILES string of the molecule is CC1CCCNC1CO.Cl. The molecule has 10 heavy (non-hydrogen) atoms. The molecule has 0 aromatic rings. The summed E-state index contributed by atoms with van der Waals surface area (Å²) in [5.41, 5.74) is 0. The summed E-state index contributed by atoms with van der Waals surface area (Å²) in [6.45, 7) is 3.56. The van der Waals surface area contributed by atoms with Crippen molar-refractivity contribution in [3.63, 3.8) is 0 Å². The Hall–Kier alpha value is 0.210. The second-order valence-corrected chi connectivity index (χ2v) is 2.86. The lowest BCUT2D eigenvalue weighted by Crippen LogP contribution is -2.42. The molecule has 2 atom stereocenters. The molecular formula is C7H16ClNO. The smallest absolute Gasteiger partial charge is 0.0587 e. The largest absolute Gasteiger partial charge is 0.395 e. The van der Waals surface area contributed by atoms with Gasteiger partial charge >= 0.3 is 0 Å². The number of hydrogen-bond acceptors (Lipinski definition) is 2. The maximum absolute atomic E-state index is 8.80. The van der Waals surface area contributed by atoms with Crippen molar-refractivity contribution >= 4 is 12.4 Å². The maximum atomic E-state index is 8.80. The third-order valence-corrected chi connectivity index (χ3v) is 2.13. The molecule has 0 aromatic carbocycles. The zero-order chi connectivity index (χ0) is 6.69. The highest BCUT2D eigenvalue weighted by Crippen LogP contribution is 2.14. The Balaban J connectivity index is 0.000000810. The van der Waals surface area contributed by atoms with E-state index < -0.39 is 0 Å². The van der Waals surface area contributed by atoms with Gasteiger partial charge in [0.25, 0.3) is 0 Å². The molecule has 1 saturated heterocycles. The Kier molecular flexibility index (Phi) is 5.04. The van der Waals surface area contributed by atoms with E-state index in [-0.39, 0.29) is 12.4 Å². The van der Waals surface area contributed by atoms with Crippen molar-refractivity contribution in [2.75, 3.05) is 13.2 Å². The van der Waals surface area contributed by atoms with E-state index in [9.17, 15) is 0 Å². The van der Waals surface area contributed by atoms with E-state index in [1.807, 2.05) is 0 Å². The van der Waals surface area contributed by atoms with Crippen molar-refractivity contribution in [3.8, 4) is 0 Å². The minimum atomic E-state index is 0. The minimum Gasteiger partial charge on any atom is -0.395 e. The van der Waals surface area contributed by atoms with E-state index in [0.29, 0.717) is 18.6 Å². The standard InChI is InChI=1S/C7H15NO.ClH/c1-6-3-2-4-8-7(6)5-9;/h6-9H,2-5H2,1H3;1H. The molecule has 2 nitrogen and oxygen atoms in total. The van der Waals surface area contributed by atoms with Crippen molar-refractivity contribution in [1.82, 2.24) is 5.32 Å². The average molecular weight is 166 g/mol. The van der Waals surface area contributed by atoms with Crippen LogP contribution in [-0.2, 0) is 0 Å². The summed E-state index contributed by atoms with van der Waals surface area (Å²) in [7, 11) is 0. The first-order valence-corrected chi connectivity index (χ1v) is 3.69. The molecule has 0 spiro atoms. The molecule has 0 radical (unpaired) electrons. The molecule has 0 aromatic heterocycles. The predicted octanol–water partition coefficient (Wildman–Crippen LogP) is 0.789. The molecule has 0 amide bonds. The second-order valence-electron chi connectivity index (χ2n) is 2.86. The van der Waals surface area contributed by atoms with E-state index in [2.05, 4.69) is 12.2 Å². The molecule has 1 heterocycles. The molecule has 2 unspecified atom stereocenters. The van der Waals surface area contributed by atoms with Crippen LogP contribution >= 0.6 is 12.4 Å². The first kappa shape index (κ1) is 10.2. The van der Waals surface area contributed by atoms with Crippen molar-refractivity contribution in [2.24, 2.45) is 5.92 Å². The quantitative estimate of drug-likeness (QED) is 0.602. The molecule has 1 rings (SSSR count). The highest BCUT2D eigenvalue weighted by atomic mass is 35.5. The average Bonchev–Trinajstić information content (AvgIpc) is 1.89. The van der Waals surface area contributed by atoms with Gasteiger partial charge in [0.2, 0.25) is 0 Å². The summed E-state index contributed by atoms with van der Waals surface area (Å²) < 4.78 is 0. The molecular weight excluding hydrogens is 150 g/mol. The highest BCUT2D eigenvalue weighted by Gasteiger charge is 2.18. The van der Waals surface area contributed by atoms with Gasteiger partial charge < -0.3 is 10.4 Å². The third-order valence-electron chi connectivity index (χ3n) is 2.13. The fraction of sp³-hybridized carbons (Fsp3) is 1.00. The summed E-state index contributed by atoms with van der Waals surface area (Å²) in [6, 6.07) is 0.360. The van der Waals surface area contributed by atoms with Gasteiger partial charge in [0, 0.05) is 6.04 Å². The van der Waals surface area contributed by atoms with Crippen LogP contribution < -0.4 is 5.32 Å². The van der Waals surface area contributed by atoms with E-state index in [0.717, 1.165) is 6.54 Å². The lowest BCUT2D eigenvalue weighted by molar-refractivity contribution is 0.179. The normalized spacial score (nSPS) is 33.0. The van der Waals surface area contributed by atoms with Crippen LogP contribution in [0.15, 0.2) is 0 Å². The molecule has 3 heteroatoms. The fourth-order valence-electron chi connectivity index (χ4n) is 1.36. The van der Waals surface area contributed by atoms with Gasteiger partial charge in [-0.05, 0) is 25.3 Å². The van der Waals surface area contributed by atoms with Crippen molar-refractivity contribution in [2.45, 2.75) is 25.8 Å². The van der Waals surface area contributed by atoms with Crippen LogP contribution in [0.1, 0.15) is 19.8 Å². The van der Waals surface area contributed by atoms with Crippen LogP contribution in [0.25, 0.3) is 0 Å². The third kappa shape index (κ3) is 2.45. The zero-order valence-corrected chi connectivity index (χ0v) is 7.16. The first-order valence-electron chi connectivity index (χ1n) is 3.69. The van der Waals surface area contributed by atoms with Crippen LogP contribution in [0.5, 0.6) is 0 Å². The summed E-state index contributed by atoms with van der Waals surface area (Å²) in [5, 5.41) is 12.1. The molecule has 0 bridgehead atoms. The van der Waals surface area contributed by atoms with Gasteiger partial charge in [-0.1, -0.05) is 6.92 Å². The van der Waals surface area contributed by atoms with Gasteiger partial charge in [-0.25, -0.2) is 0 Å². The fourth-order valence-corrected chi connectivity index (χ4v) is 1.36. The molecule has 0 aliphatic carbocycles. The van der Waals surface area contributed by atoms with Gasteiger partial charge in [0.15, 0.2) is 0 Å². The molecule has 1 aliphatic heterocycles. The van der Waals surface area contributed by atoms with Crippen molar-refractivity contribution < 1.29 is 5.11 Å². The number of aliphatic hydroxyl groups excluding tert-OH is 1. The molecule has 1 aliphatic rings. The predicted molar refractivity (Wildman–Crippen MR) is 44.5 cm³/mol. The van der Waals surface area contributed by atoms with Crippen LogP contribution in [0, 0.1) is 5.92 Å². The van der Waals surface area contributed by atoms with Crippen LogP contribution in [0.4, 0.5) is 0 Å². The number of hydrogen-bond donors (Lipinski definition) is 2. The summed E-state index contributed by atoms with van der Waals surface area (Å²) >= 11 is 0. The maximum Gasteiger partial charge on any atom is 0.0587 e. The minimum absolute atomic E-state index is 0. The molecule has 2 N–H and O–H groups in total. The lowest BCUT2D eigenvalue weighted by atomic mass is 9.93. The van der Waals surface area contributed by atoms with Gasteiger partial charge in [-0.15, -0.1) is 12.4 Å². The Morgan fingerprint density at radius 3 is 2.70 bits per heavy atom. The zero-order valence-electron chi connectivity index (χ0n) is 6.34. The molecule has 1 fully saturated rings. The number of piperidine rings is 1. The monoisotopic (exact) mass is 165 g/mol. The number of aliphatic hydroxyl groups is 1. The van der Waals surface area contributed by atoms with E-state index >= 15 is 0 Å². The highest BCUT2D eigenvalue weighted by molar-refractivity contribution is 5.85. The van der Waals surface area contributed by atoms with E-state index in [4.69, 9.17) is 5.11 Å². The Morgan fingerprint density at radius 1 is 1.60 bits per heavy atom. The molecule has 0 saturated carbocycles. The van der Waals surface area contributed by atoms with Crippen LogP contribution in [0.2, 0.25) is 0 Å². The Morgan fingerprint density at radius 2 is 2.30 bits per heavy atom. The lowest BCUT2D eigenvalue weighted by Gasteiger charge is -2.28.